The number of thioether (sulfide) groups is 1. The van der Waals surface area contributed by atoms with Gasteiger partial charge in [0, 0.05) is 85.3 Å². The van der Waals surface area contributed by atoms with Gasteiger partial charge in [-0.2, -0.15) is 25.8 Å². The molecular weight excluding hydrogens is 730 g/mol. The number of anilines is 1. The highest BCUT2D eigenvalue weighted by Gasteiger charge is 2.40. The fourth-order valence-electron chi connectivity index (χ4n) is 6.35. The first kappa shape index (κ1) is 37.6. The van der Waals surface area contributed by atoms with Crippen molar-refractivity contribution in [3.63, 3.8) is 0 Å². The minimum Gasteiger partial charge on any atom is -0.351 e. The number of benzene rings is 2. The predicted octanol–water partition coefficient (Wildman–Crippen LogP) is 6.11. The molecule has 266 valence electrons. The van der Waals surface area contributed by atoms with Crippen LogP contribution in [0.5, 0.6) is 0 Å². The molecule has 5 rings (SSSR count). The van der Waals surface area contributed by atoms with Gasteiger partial charge >= 0.3 is 6.18 Å². The van der Waals surface area contributed by atoms with E-state index in [0.29, 0.717) is 47.5 Å². The number of rotatable bonds is 9. The molecule has 0 bridgehead atoms. The van der Waals surface area contributed by atoms with Crippen LogP contribution in [-0.2, 0) is 24.1 Å². The first-order valence-corrected chi connectivity index (χ1v) is 17.9. The Morgan fingerprint density at radius 2 is 1.92 bits per heavy atom. The average molecular weight is 766 g/mol. The van der Waals surface area contributed by atoms with Gasteiger partial charge in [0.25, 0.3) is 0 Å². The molecule has 1 saturated heterocycles. The average Bonchev–Trinajstić information content (AvgIpc) is 3.49. The molecule has 49 heavy (non-hydrogen) atoms. The Morgan fingerprint density at radius 1 is 1.18 bits per heavy atom. The van der Waals surface area contributed by atoms with Crippen LogP contribution in [0.4, 0.5) is 27.6 Å². The number of piperazine rings is 1. The SMILES string of the molecule is CN=C(c1cc(Cl)c(-c2cc(Cl)c(F)cc2F)c(SC)c1N(C=O)C(CS)CN1CCn2c(nnc2C(F)(F)F)C1)N1C[C@@H](C)NCC1C. The van der Waals surface area contributed by atoms with Gasteiger partial charge in [-0.1, -0.05) is 23.2 Å². The highest BCUT2D eigenvalue weighted by molar-refractivity contribution is 7.99. The second-order valence-electron chi connectivity index (χ2n) is 11.9. The number of amides is 1. The van der Waals surface area contributed by atoms with Gasteiger partial charge in [0.1, 0.15) is 23.3 Å². The second kappa shape index (κ2) is 15.3. The molecule has 3 aromatic rings. The summed E-state index contributed by atoms with van der Waals surface area (Å²) in [5.74, 6) is -2.04. The lowest BCUT2D eigenvalue weighted by Crippen LogP contribution is -2.56. The Labute approximate surface area is 300 Å². The van der Waals surface area contributed by atoms with Crippen LogP contribution in [0.3, 0.4) is 0 Å². The van der Waals surface area contributed by atoms with E-state index in [9.17, 15) is 22.4 Å². The highest BCUT2D eigenvalue weighted by Crippen LogP contribution is 2.47. The van der Waals surface area contributed by atoms with Crippen LogP contribution < -0.4 is 10.2 Å². The summed E-state index contributed by atoms with van der Waals surface area (Å²) in [6.07, 6.45) is -2.24. The van der Waals surface area contributed by atoms with Gasteiger partial charge < -0.3 is 19.7 Å². The molecule has 9 nitrogen and oxygen atoms in total. The maximum atomic E-state index is 15.5. The number of fused-ring (bicyclic) bond motifs is 1. The lowest BCUT2D eigenvalue weighted by Gasteiger charge is -2.41. The number of nitrogens with zero attached hydrogens (tertiary/aromatic N) is 7. The summed E-state index contributed by atoms with van der Waals surface area (Å²) in [5, 5.41) is 10.4. The first-order valence-electron chi connectivity index (χ1n) is 15.3. The van der Waals surface area contributed by atoms with E-state index < -0.39 is 29.7 Å². The summed E-state index contributed by atoms with van der Waals surface area (Å²) in [7, 11) is 1.64. The molecule has 2 aromatic carbocycles. The minimum atomic E-state index is -4.64. The fraction of sp³-hybridized carbons (Fsp3) is 0.484. The van der Waals surface area contributed by atoms with Crippen molar-refractivity contribution in [2.45, 2.75) is 56.1 Å². The second-order valence-corrected chi connectivity index (χ2v) is 13.9. The molecule has 2 aliphatic heterocycles. The third-order valence-electron chi connectivity index (χ3n) is 8.71. The molecular formula is C31H35Cl2F5N8OS2. The number of aliphatic imine (C=N–C) groups is 1. The van der Waals surface area contributed by atoms with Gasteiger partial charge in [-0.25, -0.2) is 8.78 Å². The zero-order chi connectivity index (χ0) is 35.8. The summed E-state index contributed by atoms with van der Waals surface area (Å²) >= 11 is 18.9. The Bertz CT molecular complexity index is 1740. The maximum Gasteiger partial charge on any atom is 0.451 e. The number of carbonyl (C=O) groups excluding carboxylic acids is 1. The van der Waals surface area contributed by atoms with E-state index >= 15 is 4.39 Å². The van der Waals surface area contributed by atoms with Crippen molar-refractivity contribution in [1.29, 1.82) is 0 Å². The summed E-state index contributed by atoms with van der Waals surface area (Å²) in [6.45, 7) is 5.85. The van der Waals surface area contributed by atoms with E-state index in [1.54, 1.807) is 19.4 Å². The van der Waals surface area contributed by atoms with Crippen LogP contribution in [0.15, 0.2) is 28.1 Å². The zero-order valence-electron chi connectivity index (χ0n) is 27.0. The van der Waals surface area contributed by atoms with Crippen molar-refractivity contribution >= 4 is 65.5 Å². The molecule has 0 aliphatic carbocycles. The normalized spacial score (nSPS) is 19.6. The number of aromatic nitrogens is 3. The molecule has 3 atom stereocenters. The standard InChI is InChI=1S/C31H35Cl2F5N8OS2/c1-16-11-45(17(2)10-40-16)29(39-3)20-8-22(33)26(19-7-21(32)24(35)9-23(19)34)28(49-4)27(20)46(15-47)18(14-48)12-43-5-6-44-25(13-43)41-42-30(44)31(36,37)38/h7-9,15-18,40,48H,5-6,10-14H2,1-4H3/t16-,17?,18?/m1/s1. The van der Waals surface area contributed by atoms with Crippen LogP contribution in [-0.4, -0.2) is 100 Å². The van der Waals surface area contributed by atoms with Gasteiger partial charge in [0.2, 0.25) is 12.2 Å². The van der Waals surface area contributed by atoms with Crippen LogP contribution in [0, 0.1) is 11.6 Å². The monoisotopic (exact) mass is 764 g/mol. The first-order chi connectivity index (χ1) is 23.2. The van der Waals surface area contributed by atoms with E-state index in [1.807, 2.05) is 18.7 Å². The number of carbonyl (C=O) groups is 1. The summed E-state index contributed by atoms with van der Waals surface area (Å²) in [4.78, 5) is 23.8. The predicted molar refractivity (Wildman–Crippen MR) is 186 cm³/mol. The minimum absolute atomic E-state index is 0.000272. The summed E-state index contributed by atoms with van der Waals surface area (Å²) in [5.41, 5.74) is 1.03. The van der Waals surface area contributed by atoms with E-state index in [1.165, 1.54) is 16.7 Å². The van der Waals surface area contributed by atoms with Crippen molar-refractivity contribution in [2.24, 2.45) is 4.99 Å². The van der Waals surface area contributed by atoms with Crippen LogP contribution >= 0.6 is 47.6 Å². The van der Waals surface area contributed by atoms with Crippen molar-refractivity contribution < 1.29 is 26.7 Å². The zero-order valence-corrected chi connectivity index (χ0v) is 30.3. The quantitative estimate of drug-likeness (QED) is 0.0518. The molecule has 1 aromatic heterocycles. The van der Waals surface area contributed by atoms with Gasteiger partial charge in [-0.05, 0) is 32.2 Å². The molecule has 3 heterocycles. The van der Waals surface area contributed by atoms with E-state index in [-0.39, 0.29) is 71.0 Å². The smallest absolute Gasteiger partial charge is 0.351 e. The fourth-order valence-corrected chi connectivity index (χ4v) is 8.00. The lowest BCUT2D eigenvalue weighted by atomic mass is 9.98. The van der Waals surface area contributed by atoms with Crippen molar-refractivity contribution in [2.75, 3.05) is 50.1 Å². The Morgan fingerprint density at radius 3 is 2.55 bits per heavy atom. The third-order valence-corrected chi connectivity index (χ3v) is 10.5. The number of hydrogen-bond acceptors (Lipinski definition) is 8. The molecule has 0 spiro atoms. The molecule has 2 aliphatic rings. The number of thiol groups is 1. The number of hydrogen-bond donors (Lipinski definition) is 2. The van der Waals surface area contributed by atoms with E-state index in [4.69, 9.17) is 23.2 Å². The van der Waals surface area contributed by atoms with Gasteiger partial charge in [0.05, 0.1) is 28.3 Å². The van der Waals surface area contributed by atoms with Crippen LogP contribution in [0.2, 0.25) is 10.0 Å². The summed E-state index contributed by atoms with van der Waals surface area (Å²) < 4.78 is 71.2. The topological polar surface area (TPSA) is 81.9 Å². The van der Waals surface area contributed by atoms with E-state index in [0.717, 1.165) is 10.6 Å². The van der Waals surface area contributed by atoms with E-state index in [2.05, 4.69) is 38.0 Å². The molecule has 1 fully saturated rings. The lowest BCUT2D eigenvalue weighted by molar-refractivity contribution is -0.148. The molecule has 18 heteroatoms. The molecule has 1 amide bonds. The molecule has 0 radical (unpaired) electrons. The number of nitrogens with one attached hydrogen (secondary N) is 1. The van der Waals surface area contributed by atoms with Crippen LogP contribution in [0.1, 0.15) is 31.1 Å². The maximum absolute atomic E-state index is 15.5. The molecule has 0 saturated carbocycles. The van der Waals surface area contributed by atoms with Crippen molar-refractivity contribution in [1.82, 2.24) is 29.9 Å². The largest absolute Gasteiger partial charge is 0.451 e. The van der Waals surface area contributed by atoms with Gasteiger partial charge in [-0.3, -0.25) is 14.7 Å². The van der Waals surface area contributed by atoms with Gasteiger partial charge in [-0.15, -0.1) is 22.0 Å². The number of amidine groups is 1. The van der Waals surface area contributed by atoms with Crippen molar-refractivity contribution in [3.05, 3.63) is 57.1 Å². The van der Waals surface area contributed by atoms with Gasteiger partial charge in [0.15, 0.2) is 0 Å². The Balaban J connectivity index is 1.65. The number of alkyl halides is 3. The molecule has 1 N–H and O–H groups in total. The van der Waals surface area contributed by atoms with Crippen LogP contribution in [0.25, 0.3) is 11.1 Å². The van der Waals surface area contributed by atoms with Crippen molar-refractivity contribution in [3.8, 4) is 11.1 Å². The Kier molecular flexibility index (Phi) is 11.8. The summed E-state index contributed by atoms with van der Waals surface area (Å²) in [6, 6.07) is 2.96. The number of halogens is 7. The Hall–Kier alpha value is -2.63. The highest BCUT2D eigenvalue weighted by atomic mass is 35.5. The third kappa shape index (κ3) is 7.54. The molecule has 2 unspecified atom stereocenters.